The van der Waals surface area contributed by atoms with Crippen molar-refractivity contribution in [2.75, 3.05) is 13.1 Å². The van der Waals surface area contributed by atoms with Crippen molar-refractivity contribution in [3.05, 3.63) is 28.3 Å². The van der Waals surface area contributed by atoms with Gasteiger partial charge in [0.05, 0.1) is 11.2 Å². The number of β-amino-alcohol motifs (C(OH)–C–C–N with tert-alkyl or cyclic N) is 1. The number of ketones is 1. The minimum Gasteiger partial charge on any atom is -0.507 e. The topological polar surface area (TPSA) is 60.8 Å². The molecule has 1 atom stereocenters. The lowest BCUT2D eigenvalue weighted by atomic mass is 10.1. The number of hydrogen-bond donors (Lipinski definition) is 2. The highest BCUT2D eigenvalue weighted by atomic mass is 35.5. The monoisotopic (exact) mass is 283 g/mol. The van der Waals surface area contributed by atoms with Gasteiger partial charge in [0.1, 0.15) is 5.75 Å². The first-order valence-electron chi connectivity index (χ1n) is 6.25. The van der Waals surface area contributed by atoms with Gasteiger partial charge in [-0.2, -0.15) is 0 Å². The van der Waals surface area contributed by atoms with E-state index in [-0.39, 0.29) is 17.1 Å². The van der Waals surface area contributed by atoms with Crippen molar-refractivity contribution in [2.45, 2.75) is 32.4 Å². The molecule has 0 amide bonds. The third-order valence-electron chi connectivity index (χ3n) is 3.46. The lowest BCUT2D eigenvalue weighted by Crippen LogP contribution is -2.29. The second-order valence-corrected chi connectivity index (χ2v) is 5.91. The van der Waals surface area contributed by atoms with Gasteiger partial charge in [0.15, 0.2) is 5.78 Å². The Kier molecular flexibility index (Phi) is 3.85. The van der Waals surface area contributed by atoms with E-state index in [2.05, 4.69) is 0 Å². The molecule has 0 saturated carbocycles. The fourth-order valence-electron chi connectivity index (χ4n) is 2.46. The molecule has 1 aromatic carbocycles. The Morgan fingerprint density at radius 1 is 1.53 bits per heavy atom. The van der Waals surface area contributed by atoms with E-state index in [4.69, 9.17) is 11.6 Å². The van der Waals surface area contributed by atoms with Crippen molar-refractivity contribution >= 4 is 17.4 Å². The van der Waals surface area contributed by atoms with Gasteiger partial charge in [0.25, 0.3) is 0 Å². The van der Waals surface area contributed by atoms with Crippen molar-refractivity contribution in [3.63, 3.8) is 0 Å². The van der Waals surface area contributed by atoms with Crippen LogP contribution in [-0.2, 0) is 6.54 Å². The van der Waals surface area contributed by atoms with Gasteiger partial charge < -0.3 is 10.2 Å². The van der Waals surface area contributed by atoms with Gasteiger partial charge in [0.2, 0.25) is 0 Å². The van der Waals surface area contributed by atoms with Gasteiger partial charge in [-0.05, 0) is 32.4 Å². The number of nitrogens with zero attached hydrogens (tertiary/aromatic N) is 1. The predicted molar refractivity (Wildman–Crippen MR) is 73.6 cm³/mol. The zero-order valence-electron chi connectivity index (χ0n) is 11.1. The van der Waals surface area contributed by atoms with Gasteiger partial charge in [-0.15, -0.1) is 0 Å². The number of halogens is 1. The maximum atomic E-state index is 11.4. The predicted octanol–water partition coefficient (Wildman–Crippen LogP) is 2.20. The number of aliphatic hydroxyl groups is 1. The number of aromatic hydroxyl groups is 1. The molecular weight excluding hydrogens is 266 g/mol. The molecule has 2 rings (SSSR count). The number of rotatable bonds is 3. The van der Waals surface area contributed by atoms with Crippen LogP contribution in [0.3, 0.4) is 0 Å². The van der Waals surface area contributed by atoms with E-state index < -0.39 is 5.60 Å². The SMILES string of the molecule is CC(=O)c1cc(Cl)cc(CN2CCC(C)(O)C2)c1O. The number of hydrogen-bond acceptors (Lipinski definition) is 4. The summed E-state index contributed by atoms with van der Waals surface area (Å²) in [6.45, 7) is 4.98. The van der Waals surface area contributed by atoms with Gasteiger partial charge in [-0.25, -0.2) is 0 Å². The summed E-state index contributed by atoms with van der Waals surface area (Å²) < 4.78 is 0. The Morgan fingerprint density at radius 3 is 2.74 bits per heavy atom. The van der Waals surface area contributed by atoms with Crippen LogP contribution < -0.4 is 0 Å². The van der Waals surface area contributed by atoms with E-state index in [0.717, 1.165) is 6.54 Å². The Bertz CT molecular complexity index is 514. The van der Waals surface area contributed by atoms with Crippen LogP contribution in [0, 0.1) is 0 Å². The van der Waals surface area contributed by atoms with Crippen LogP contribution in [0.4, 0.5) is 0 Å². The molecule has 1 saturated heterocycles. The standard InChI is InChI=1S/C14H18ClNO3/c1-9(17)12-6-11(15)5-10(13(12)18)7-16-4-3-14(2,19)8-16/h5-6,18-19H,3-4,7-8H2,1-2H3. The molecular formula is C14H18ClNO3. The number of carbonyl (C=O) groups excluding carboxylic acids is 1. The van der Waals surface area contributed by atoms with Crippen LogP contribution in [0.2, 0.25) is 5.02 Å². The van der Waals surface area contributed by atoms with E-state index in [1.807, 2.05) is 4.90 Å². The van der Waals surface area contributed by atoms with Crippen molar-refractivity contribution in [2.24, 2.45) is 0 Å². The quantitative estimate of drug-likeness (QED) is 0.835. The van der Waals surface area contributed by atoms with Gasteiger partial charge in [0, 0.05) is 30.2 Å². The fraction of sp³-hybridized carbons (Fsp3) is 0.500. The zero-order valence-corrected chi connectivity index (χ0v) is 11.9. The highest BCUT2D eigenvalue weighted by Gasteiger charge is 2.31. The van der Waals surface area contributed by atoms with Crippen LogP contribution >= 0.6 is 11.6 Å². The first-order chi connectivity index (χ1) is 8.78. The second kappa shape index (κ2) is 5.12. The first kappa shape index (κ1) is 14.3. The average Bonchev–Trinajstić information content (AvgIpc) is 2.62. The van der Waals surface area contributed by atoms with Crippen molar-refractivity contribution < 1.29 is 15.0 Å². The third-order valence-corrected chi connectivity index (χ3v) is 3.68. The highest BCUT2D eigenvalue weighted by Crippen LogP contribution is 2.30. The molecule has 0 aliphatic carbocycles. The lowest BCUT2D eigenvalue weighted by Gasteiger charge is -2.20. The molecule has 1 fully saturated rings. The molecule has 0 radical (unpaired) electrons. The van der Waals surface area contributed by atoms with Gasteiger partial charge >= 0.3 is 0 Å². The summed E-state index contributed by atoms with van der Waals surface area (Å²) in [6, 6.07) is 3.14. The summed E-state index contributed by atoms with van der Waals surface area (Å²) in [7, 11) is 0. The number of carbonyl (C=O) groups is 1. The van der Waals surface area contributed by atoms with Crippen LogP contribution in [0.15, 0.2) is 12.1 Å². The smallest absolute Gasteiger partial charge is 0.163 e. The molecule has 104 valence electrons. The molecule has 5 heteroatoms. The number of Topliss-reactive ketones (excluding diaryl/α,β-unsaturated/α-hetero) is 1. The van der Waals surface area contributed by atoms with Crippen LogP contribution in [0.1, 0.15) is 36.2 Å². The average molecular weight is 284 g/mol. The molecule has 0 aromatic heterocycles. The third kappa shape index (κ3) is 3.26. The van der Waals surface area contributed by atoms with E-state index in [0.29, 0.717) is 30.1 Å². The van der Waals surface area contributed by atoms with Gasteiger partial charge in [-0.1, -0.05) is 11.6 Å². The Balaban J connectivity index is 2.24. The summed E-state index contributed by atoms with van der Waals surface area (Å²) >= 11 is 5.98. The number of likely N-dealkylation sites (tertiary alicyclic amines) is 1. The molecule has 19 heavy (non-hydrogen) atoms. The Morgan fingerprint density at radius 2 is 2.21 bits per heavy atom. The van der Waals surface area contributed by atoms with Crippen LogP contribution in [-0.4, -0.2) is 39.6 Å². The Labute approximate surface area is 117 Å². The van der Waals surface area contributed by atoms with E-state index in [1.165, 1.54) is 13.0 Å². The zero-order chi connectivity index (χ0) is 14.2. The van der Waals surface area contributed by atoms with E-state index >= 15 is 0 Å². The number of phenolic OH excluding ortho intramolecular Hbond substituents is 1. The minimum atomic E-state index is -0.683. The minimum absolute atomic E-state index is 0.0107. The maximum Gasteiger partial charge on any atom is 0.163 e. The molecule has 2 N–H and O–H groups in total. The molecule has 0 bridgehead atoms. The maximum absolute atomic E-state index is 11.4. The van der Waals surface area contributed by atoms with Crippen LogP contribution in [0.25, 0.3) is 0 Å². The summed E-state index contributed by atoms with van der Waals surface area (Å²) in [6.07, 6.45) is 0.702. The summed E-state index contributed by atoms with van der Waals surface area (Å²) in [5.41, 5.74) is 0.182. The Hall–Kier alpha value is -1.10. The van der Waals surface area contributed by atoms with Crippen molar-refractivity contribution in [1.82, 2.24) is 4.90 Å². The second-order valence-electron chi connectivity index (χ2n) is 5.47. The molecule has 4 nitrogen and oxygen atoms in total. The van der Waals surface area contributed by atoms with E-state index in [9.17, 15) is 15.0 Å². The normalized spacial score (nSPS) is 23.8. The molecule has 1 aliphatic rings. The number of phenols is 1. The lowest BCUT2D eigenvalue weighted by molar-refractivity contribution is 0.0677. The molecule has 0 spiro atoms. The van der Waals surface area contributed by atoms with Crippen molar-refractivity contribution in [1.29, 1.82) is 0 Å². The summed E-state index contributed by atoms with van der Waals surface area (Å²) in [4.78, 5) is 13.5. The van der Waals surface area contributed by atoms with Crippen molar-refractivity contribution in [3.8, 4) is 5.75 Å². The largest absolute Gasteiger partial charge is 0.507 e. The summed E-state index contributed by atoms with van der Waals surface area (Å²) in [5, 5.41) is 20.5. The molecule has 1 aromatic rings. The molecule has 1 unspecified atom stereocenters. The fourth-order valence-corrected chi connectivity index (χ4v) is 2.70. The molecule has 1 aliphatic heterocycles. The van der Waals surface area contributed by atoms with Crippen LogP contribution in [0.5, 0.6) is 5.75 Å². The molecule has 1 heterocycles. The van der Waals surface area contributed by atoms with E-state index in [1.54, 1.807) is 13.0 Å². The first-order valence-corrected chi connectivity index (χ1v) is 6.63. The number of benzene rings is 1. The summed E-state index contributed by atoms with van der Waals surface area (Å²) in [5.74, 6) is -0.224. The highest BCUT2D eigenvalue weighted by molar-refractivity contribution is 6.31. The van der Waals surface area contributed by atoms with Gasteiger partial charge in [-0.3, -0.25) is 9.69 Å².